The Kier molecular flexibility index (Phi) is 5.76. The van der Waals surface area contributed by atoms with E-state index in [1.807, 2.05) is 18.2 Å². The maximum atomic E-state index is 13.2. The molecule has 0 amide bonds. The van der Waals surface area contributed by atoms with Crippen molar-refractivity contribution < 1.29 is 19.4 Å². The predicted octanol–water partition coefficient (Wildman–Crippen LogP) is 3.82. The number of rotatable bonds is 7. The lowest BCUT2D eigenvalue weighted by molar-refractivity contribution is -0.120. The van der Waals surface area contributed by atoms with Crippen LogP contribution in [0.3, 0.4) is 0 Å². The Hall–Kier alpha value is -4.72. The van der Waals surface area contributed by atoms with Crippen LogP contribution in [-0.2, 0) is 4.79 Å². The zero-order valence-electron chi connectivity index (χ0n) is 16.6. The maximum absolute atomic E-state index is 13.2. The van der Waals surface area contributed by atoms with Gasteiger partial charge in [-0.3, -0.25) is 19.7 Å². The van der Waals surface area contributed by atoms with Gasteiger partial charge in [-0.1, -0.05) is 30.3 Å². The monoisotopic (exact) mass is 427 g/mol. The molecule has 4 aromatic rings. The number of ether oxygens (including phenoxy) is 1. The molecule has 1 aromatic heterocycles. The van der Waals surface area contributed by atoms with Gasteiger partial charge in [0.05, 0.1) is 28.2 Å². The van der Waals surface area contributed by atoms with Gasteiger partial charge in [-0.15, -0.1) is 0 Å². The molecule has 158 valence electrons. The molecule has 0 unspecified atom stereocenters. The summed E-state index contributed by atoms with van der Waals surface area (Å²) in [5.41, 5.74) is 1.92. The Labute approximate surface area is 182 Å². The summed E-state index contributed by atoms with van der Waals surface area (Å²) in [6.07, 6.45) is 1.35. The molecule has 0 aliphatic heterocycles. The molecule has 0 spiro atoms. The molecule has 4 rings (SSSR count). The Balaban J connectivity index is 1.85. The number of carboxylic acids is 1. The van der Waals surface area contributed by atoms with Gasteiger partial charge in [0.1, 0.15) is 5.75 Å². The summed E-state index contributed by atoms with van der Waals surface area (Å²) >= 11 is 0. The topological polar surface area (TPSA) is 114 Å². The van der Waals surface area contributed by atoms with Gasteiger partial charge >= 0.3 is 5.97 Å². The fraction of sp³-hybridized carbons (Fsp3) is 0. The number of H-pyrrole nitrogens is 1. The van der Waals surface area contributed by atoms with Crippen molar-refractivity contribution in [1.29, 1.82) is 0 Å². The van der Waals surface area contributed by atoms with Gasteiger partial charge in [0.15, 0.2) is 0 Å². The van der Waals surface area contributed by atoms with Crippen LogP contribution in [0, 0.1) is 0 Å². The normalized spacial score (nSPS) is 10.9. The first-order chi connectivity index (χ1) is 15.6. The number of nitrogens with one attached hydrogen (secondary N) is 1. The second-order valence-corrected chi connectivity index (χ2v) is 6.70. The maximum Gasteiger partial charge on any atom is 0.337 e. The highest BCUT2D eigenvalue weighted by Crippen LogP contribution is 2.24. The summed E-state index contributed by atoms with van der Waals surface area (Å²) in [5, 5.41) is 12.5. The van der Waals surface area contributed by atoms with E-state index in [1.54, 1.807) is 54.6 Å². The second-order valence-electron chi connectivity index (χ2n) is 6.70. The molecule has 0 saturated carbocycles. The molecule has 1 heterocycles. The van der Waals surface area contributed by atoms with Crippen molar-refractivity contribution in [1.82, 2.24) is 9.78 Å². The van der Waals surface area contributed by atoms with Crippen LogP contribution in [0.25, 0.3) is 16.9 Å². The number of aliphatic imine (C=N–C) groups is 1. The molecular formula is C24H17N3O5. The Morgan fingerprint density at radius 1 is 0.969 bits per heavy atom. The van der Waals surface area contributed by atoms with Crippen LogP contribution in [0.15, 0.2) is 88.6 Å². The van der Waals surface area contributed by atoms with Gasteiger partial charge in [-0.25, -0.2) is 9.48 Å². The van der Waals surface area contributed by atoms with Gasteiger partial charge in [-0.2, -0.15) is 0 Å². The molecule has 0 radical (unpaired) electrons. The Morgan fingerprint density at radius 2 is 1.66 bits per heavy atom. The lowest BCUT2D eigenvalue weighted by Crippen LogP contribution is -2.17. The van der Waals surface area contributed by atoms with Crippen LogP contribution >= 0.6 is 0 Å². The van der Waals surface area contributed by atoms with Gasteiger partial charge in [-0.05, 0) is 48.5 Å². The summed E-state index contributed by atoms with van der Waals surface area (Å²) in [7, 11) is 0. The van der Waals surface area contributed by atoms with E-state index < -0.39 is 5.97 Å². The number of hydrogen-bond acceptors (Lipinski definition) is 5. The van der Waals surface area contributed by atoms with Gasteiger partial charge in [0.25, 0.3) is 12.0 Å². The van der Waals surface area contributed by atoms with E-state index >= 15 is 0 Å². The number of hydrogen-bond donors (Lipinski definition) is 2. The molecule has 8 nitrogen and oxygen atoms in total. The van der Waals surface area contributed by atoms with Crippen LogP contribution < -0.4 is 10.3 Å². The van der Waals surface area contributed by atoms with Gasteiger partial charge in [0.2, 0.25) is 0 Å². The predicted molar refractivity (Wildman–Crippen MR) is 119 cm³/mol. The fourth-order valence-electron chi connectivity index (χ4n) is 3.21. The molecule has 0 aliphatic rings. The number of carbonyl (C=O) groups is 2. The van der Waals surface area contributed by atoms with Crippen molar-refractivity contribution in [2.75, 3.05) is 0 Å². The van der Waals surface area contributed by atoms with Crippen molar-refractivity contribution in [2.24, 2.45) is 4.99 Å². The number of aromatic amines is 1. The van der Waals surface area contributed by atoms with Gasteiger partial charge in [0, 0.05) is 11.8 Å². The molecular weight excluding hydrogens is 410 g/mol. The van der Waals surface area contributed by atoms with E-state index in [0.717, 1.165) is 0 Å². The van der Waals surface area contributed by atoms with E-state index in [9.17, 15) is 19.5 Å². The van der Waals surface area contributed by atoms with Gasteiger partial charge < -0.3 is 9.84 Å². The van der Waals surface area contributed by atoms with E-state index in [4.69, 9.17) is 4.74 Å². The minimum Gasteiger partial charge on any atom is -0.478 e. The summed E-state index contributed by atoms with van der Waals surface area (Å²) in [5.74, 6) is -0.751. The zero-order valence-corrected chi connectivity index (χ0v) is 16.6. The molecule has 0 bridgehead atoms. The van der Waals surface area contributed by atoms with Crippen molar-refractivity contribution in [3.05, 3.63) is 100 Å². The fourth-order valence-corrected chi connectivity index (χ4v) is 3.21. The minimum atomic E-state index is -1.11. The number of para-hydroxylation sites is 2. The molecule has 8 heteroatoms. The third-order valence-electron chi connectivity index (χ3n) is 4.74. The number of carbonyl (C=O) groups excluding carboxylic acids is 1. The number of nitrogens with zero attached hydrogens (tertiary/aromatic N) is 2. The molecule has 0 aliphatic carbocycles. The summed E-state index contributed by atoms with van der Waals surface area (Å²) in [6.45, 7) is 0.334. The molecule has 2 N–H and O–H groups in total. The van der Waals surface area contributed by atoms with Crippen LogP contribution in [0.5, 0.6) is 5.75 Å². The Bertz CT molecular complexity index is 1350. The first-order valence-electron chi connectivity index (χ1n) is 9.56. The highest BCUT2D eigenvalue weighted by Gasteiger charge is 2.16. The van der Waals surface area contributed by atoms with E-state index in [1.165, 1.54) is 17.0 Å². The number of benzene rings is 3. The third-order valence-corrected chi connectivity index (χ3v) is 4.74. The highest BCUT2D eigenvalue weighted by atomic mass is 16.5. The van der Waals surface area contributed by atoms with Crippen LogP contribution in [-0.4, -0.2) is 33.5 Å². The smallest absolute Gasteiger partial charge is 0.337 e. The number of aromatic carboxylic acids is 1. The summed E-state index contributed by atoms with van der Waals surface area (Å²) < 4.78 is 6.21. The largest absolute Gasteiger partial charge is 0.478 e. The molecule has 0 atom stereocenters. The summed E-state index contributed by atoms with van der Waals surface area (Å²) in [6, 6.07) is 21.9. The lowest BCUT2D eigenvalue weighted by atomic mass is 10.1. The lowest BCUT2D eigenvalue weighted by Gasteiger charge is -2.03. The molecule has 0 fully saturated rings. The molecule has 0 saturated heterocycles. The highest BCUT2D eigenvalue weighted by molar-refractivity contribution is 5.96. The van der Waals surface area contributed by atoms with Crippen LogP contribution in [0.1, 0.15) is 15.9 Å². The average molecular weight is 427 g/mol. The number of aromatic nitrogens is 2. The number of carboxylic acid groups (broad SMARTS) is 1. The van der Waals surface area contributed by atoms with Crippen LogP contribution in [0.4, 0.5) is 5.69 Å². The van der Waals surface area contributed by atoms with E-state index in [0.29, 0.717) is 29.2 Å². The third kappa shape index (κ3) is 4.10. The van der Waals surface area contributed by atoms with Crippen molar-refractivity contribution in [2.45, 2.75) is 0 Å². The van der Waals surface area contributed by atoms with E-state index in [-0.39, 0.29) is 22.4 Å². The quantitative estimate of drug-likeness (QED) is 0.344. The van der Waals surface area contributed by atoms with Crippen molar-refractivity contribution in [3.63, 3.8) is 0 Å². The van der Waals surface area contributed by atoms with Crippen molar-refractivity contribution in [3.8, 4) is 22.7 Å². The SMILES string of the molecule is O=COc1ccc(-c2[nH]n(-c3ccccc3)c(=O)c2C=Nc2ccccc2C(=O)O)cc1. The standard InChI is InChI=1S/C24H17N3O5/c28-15-32-18-12-10-16(11-13-18)22-20(14-25-21-9-5-4-8-19(21)24(30)31)23(29)27(26-22)17-6-2-1-3-7-17/h1-15,26H,(H,30,31). The summed E-state index contributed by atoms with van der Waals surface area (Å²) in [4.78, 5) is 39.5. The first kappa shape index (κ1) is 20.5. The average Bonchev–Trinajstić information content (AvgIpc) is 3.15. The minimum absolute atomic E-state index is 0.0274. The Morgan fingerprint density at radius 3 is 2.34 bits per heavy atom. The van der Waals surface area contributed by atoms with Crippen molar-refractivity contribution >= 4 is 24.3 Å². The zero-order chi connectivity index (χ0) is 22.5. The first-order valence-corrected chi connectivity index (χ1v) is 9.56. The molecule has 3 aromatic carbocycles. The van der Waals surface area contributed by atoms with E-state index in [2.05, 4.69) is 10.1 Å². The van der Waals surface area contributed by atoms with Crippen LogP contribution in [0.2, 0.25) is 0 Å². The molecule has 32 heavy (non-hydrogen) atoms. The second kappa shape index (κ2) is 8.97.